The van der Waals surface area contributed by atoms with E-state index in [1.807, 2.05) is 0 Å². The first-order valence-electron chi connectivity index (χ1n) is 7.72. The Balaban J connectivity index is 1.66. The van der Waals surface area contributed by atoms with E-state index in [2.05, 4.69) is 40.2 Å². The Hall–Kier alpha value is -1.42. The zero-order chi connectivity index (χ0) is 13.6. The maximum Gasteiger partial charge on any atom is 0.144 e. The van der Waals surface area contributed by atoms with E-state index in [1.165, 1.54) is 17.8 Å². The molecule has 0 aromatic heterocycles. The standard InChI is InChI=1S/C16H23N3O/c1-16(5-6-17-11-16)12-19-8-7-18-9-10-20-14-4-2-3-13(19)15(14)18/h2-4,17H,5-12H2,1H3. The van der Waals surface area contributed by atoms with Crippen LogP contribution in [0.15, 0.2) is 18.2 Å². The largest absolute Gasteiger partial charge is 0.489 e. The molecule has 1 atom stereocenters. The average Bonchev–Trinajstić information content (AvgIpc) is 2.89. The summed E-state index contributed by atoms with van der Waals surface area (Å²) in [7, 11) is 0. The van der Waals surface area contributed by atoms with Gasteiger partial charge in [-0.2, -0.15) is 0 Å². The van der Waals surface area contributed by atoms with Gasteiger partial charge in [-0.1, -0.05) is 13.0 Å². The number of hydrogen-bond donors (Lipinski definition) is 1. The van der Waals surface area contributed by atoms with Gasteiger partial charge in [0, 0.05) is 26.2 Å². The fraction of sp³-hybridized carbons (Fsp3) is 0.625. The normalized spacial score (nSPS) is 28.2. The van der Waals surface area contributed by atoms with Gasteiger partial charge in [-0.3, -0.25) is 0 Å². The Bertz CT molecular complexity index is 510. The second kappa shape index (κ2) is 4.55. The highest BCUT2D eigenvalue weighted by atomic mass is 16.5. The Kier molecular flexibility index (Phi) is 2.81. The molecule has 1 aromatic carbocycles. The zero-order valence-corrected chi connectivity index (χ0v) is 12.2. The van der Waals surface area contributed by atoms with Crippen molar-refractivity contribution in [1.82, 2.24) is 5.32 Å². The molecule has 4 heteroatoms. The fourth-order valence-corrected chi connectivity index (χ4v) is 3.79. The lowest BCUT2D eigenvalue weighted by Crippen LogP contribution is -2.48. The highest BCUT2D eigenvalue weighted by Crippen LogP contribution is 2.43. The van der Waals surface area contributed by atoms with Gasteiger partial charge in [-0.25, -0.2) is 0 Å². The van der Waals surface area contributed by atoms with E-state index in [9.17, 15) is 0 Å². The van der Waals surface area contributed by atoms with Crippen molar-refractivity contribution in [2.24, 2.45) is 5.41 Å². The molecular weight excluding hydrogens is 250 g/mol. The molecular formula is C16H23N3O. The molecule has 20 heavy (non-hydrogen) atoms. The Morgan fingerprint density at radius 1 is 1.30 bits per heavy atom. The van der Waals surface area contributed by atoms with Crippen LogP contribution in [0.2, 0.25) is 0 Å². The number of anilines is 2. The first-order chi connectivity index (χ1) is 9.75. The summed E-state index contributed by atoms with van der Waals surface area (Å²) >= 11 is 0. The van der Waals surface area contributed by atoms with Gasteiger partial charge in [0.05, 0.1) is 12.2 Å². The summed E-state index contributed by atoms with van der Waals surface area (Å²) in [5.41, 5.74) is 3.08. The van der Waals surface area contributed by atoms with Crippen LogP contribution < -0.4 is 19.9 Å². The summed E-state index contributed by atoms with van der Waals surface area (Å²) in [4.78, 5) is 5.05. The van der Waals surface area contributed by atoms with Gasteiger partial charge in [-0.05, 0) is 30.5 Å². The molecule has 0 spiro atoms. The van der Waals surface area contributed by atoms with Crippen molar-refractivity contribution in [2.75, 3.05) is 55.7 Å². The third-order valence-electron chi connectivity index (χ3n) is 4.92. The zero-order valence-electron chi connectivity index (χ0n) is 12.2. The second-order valence-corrected chi connectivity index (χ2v) is 6.62. The highest BCUT2D eigenvalue weighted by molar-refractivity contribution is 5.80. The molecule has 108 valence electrons. The quantitative estimate of drug-likeness (QED) is 0.888. The minimum atomic E-state index is 0.403. The summed E-state index contributed by atoms with van der Waals surface area (Å²) in [5.74, 6) is 1.06. The molecule has 1 saturated heterocycles. The molecule has 0 bridgehead atoms. The van der Waals surface area contributed by atoms with Crippen molar-refractivity contribution in [3.05, 3.63) is 18.2 Å². The molecule has 0 amide bonds. The highest BCUT2D eigenvalue weighted by Gasteiger charge is 2.35. The predicted molar refractivity (Wildman–Crippen MR) is 82.0 cm³/mol. The molecule has 4 nitrogen and oxygen atoms in total. The van der Waals surface area contributed by atoms with E-state index in [0.29, 0.717) is 5.41 Å². The topological polar surface area (TPSA) is 27.7 Å². The van der Waals surface area contributed by atoms with E-state index >= 15 is 0 Å². The van der Waals surface area contributed by atoms with Crippen LogP contribution in [0.25, 0.3) is 0 Å². The Labute approximate surface area is 120 Å². The molecule has 1 unspecified atom stereocenters. The third kappa shape index (κ3) is 1.94. The number of nitrogens with one attached hydrogen (secondary N) is 1. The van der Waals surface area contributed by atoms with Crippen LogP contribution in [0.4, 0.5) is 11.4 Å². The maximum absolute atomic E-state index is 5.83. The smallest absolute Gasteiger partial charge is 0.144 e. The van der Waals surface area contributed by atoms with Gasteiger partial charge in [-0.15, -0.1) is 0 Å². The molecule has 1 fully saturated rings. The lowest BCUT2D eigenvalue weighted by atomic mass is 9.88. The SMILES string of the molecule is CC1(CN2CCN3CCOc4cccc2c43)CCNC1. The molecule has 4 rings (SSSR count). The number of rotatable bonds is 2. The Morgan fingerprint density at radius 2 is 2.25 bits per heavy atom. The average molecular weight is 273 g/mol. The van der Waals surface area contributed by atoms with E-state index in [1.54, 1.807) is 0 Å². The second-order valence-electron chi connectivity index (χ2n) is 6.62. The summed E-state index contributed by atoms with van der Waals surface area (Å²) in [5, 5.41) is 3.51. The predicted octanol–water partition coefficient (Wildman–Crippen LogP) is 1.70. The first-order valence-corrected chi connectivity index (χ1v) is 7.72. The minimum Gasteiger partial charge on any atom is -0.489 e. The van der Waals surface area contributed by atoms with Gasteiger partial charge in [0.2, 0.25) is 0 Å². The van der Waals surface area contributed by atoms with E-state index in [-0.39, 0.29) is 0 Å². The van der Waals surface area contributed by atoms with Crippen LogP contribution in [0.1, 0.15) is 13.3 Å². The first kappa shape index (κ1) is 12.3. The van der Waals surface area contributed by atoms with Crippen molar-refractivity contribution in [3.8, 4) is 5.75 Å². The van der Waals surface area contributed by atoms with Crippen molar-refractivity contribution < 1.29 is 4.74 Å². The van der Waals surface area contributed by atoms with Crippen molar-refractivity contribution in [1.29, 1.82) is 0 Å². The van der Waals surface area contributed by atoms with Gasteiger partial charge >= 0.3 is 0 Å². The van der Waals surface area contributed by atoms with Crippen LogP contribution >= 0.6 is 0 Å². The van der Waals surface area contributed by atoms with E-state index in [4.69, 9.17) is 4.74 Å². The molecule has 3 aliphatic rings. The molecule has 3 heterocycles. The minimum absolute atomic E-state index is 0.403. The maximum atomic E-state index is 5.83. The van der Waals surface area contributed by atoms with Gasteiger partial charge in [0.1, 0.15) is 18.0 Å². The third-order valence-corrected chi connectivity index (χ3v) is 4.92. The monoisotopic (exact) mass is 273 g/mol. The molecule has 1 aromatic rings. The van der Waals surface area contributed by atoms with E-state index < -0.39 is 0 Å². The number of hydrogen-bond acceptors (Lipinski definition) is 4. The fourth-order valence-electron chi connectivity index (χ4n) is 3.79. The molecule has 3 aliphatic heterocycles. The number of nitrogens with zero attached hydrogens (tertiary/aromatic N) is 2. The van der Waals surface area contributed by atoms with E-state index in [0.717, 1.165) is 51.6 Å². The van der Waals surface area contributed by atoms with Crippen LogP contribution in [-0.4, -0.2) is 45.9 Å². The van der Waals surface area contributed by atoms with Crippen LogP contribution in [0.5, 0.6) is 5.75 Å². The number of para-hydroxylation sites is 1. The lowest BCUT2D eigenvalue weighted by Gasteiger charge is -2.44. The lowest BCUT2D eigenvalue weighted by molar-refractivity contribution is 0.303. The summed E-state index contributed by atoms with van der Waals surface area (Å²) in [6.07, 6.45) is 1.28. The number of benzene rings is 1. The van der Waals surface area contributed by atoms with Crippen LogP contribution in [-0.2, 0) is 0 Å². The molecule has 0 aliphatic carbocycles. The Morgan fingerprint density at radius 3 is 3.10 bits per heavy atom. The van der Waals surface area contributed by atoms with Gasteiger partial charge < -0.3 is 19.9 Å². The number of ether oxygens (including phenoxy) is 1. The van der Waals surface area contributed by atoms with Crippen molar-refractivity contribution in [2.45, 2.75) is 13.3 Å². The van der Waals surface area contributed by atoms with Crippen LogP contribution in [0.3, 0.4) is 0 Å². The van der Waals surface area contributed by atoms with Crippen molar-refractivity contribution in [3.63, 3.8) is 0 Å². The molecule has 0 saturated carbocycles. The van der Waals surface area contributed by atoms with Crippen LogP contribution in [0, 0.1) is 5.41 Å². The summed E-state index contributed by atoms with van der Waals surface area (Å²) in [6, 6.07) is 6.49. The van der Waals surface area contributed by atoms with Gasteiger partial charge in [0.15, 0.2) is 0 Å². The summed E-state index contributed by atoms with van der Waals surface area (Å²) in [6.45, 7) is 9.94. The molecule has 0 radical (unpaired) electrons. The molecule has 1 N–H and O–H groups in total. The summed E-state index contributed by atoms with van der Waals surface area (Å²) < 4.78 is 5.83. The van der Waals surface area contributed by atoms with Gasteiger partial charge in [0.25, 0.3) is 0 Å². The van der Waals surface area contributed by atoms with Crippen molar-refractivity contribution >= 4 is 11.4 Å².